The Labute approximate surface area is 119 Å². The van der Waals surface area contributed by atoms with Crippen LogP contribution in [0.5, 0.6) is 5.75 Å². The summed E-state index contributed by atoms with van der Waals surface area (Å²) in [5.41, 5.74) is 1.92. The second-order valence-corrected chi connectivity index (χ2v) is 4.84. The van der Waals surface area contributed by atoms with Gasteiger partial charge in [-0.05, 0) is 37.6 Å². The van der Waals surface area contributed by atoms with Crippen molar-refractivity contribution in [3.05, 3.63) is 65.2 Å². The summed E-state index contributed by atoms with van der Waals surface area (Å²) < 4.78 is 5.72. The molecule has 20 heavy (non-hydrogen) atoms. The summed E-state index contributed by atoms with van der Waals surface area (Å²) in [6, 6.07) is 16.5. The van der Waals surface area contributed by atoms with Crippen molar-refractivity contribution in [3.63, 3.8) is 0 Å². The molecule has 0 heterocycles. The second-order valence-electron chi connectivity index (χ2n) is 4.84. The summed E-state index contributed by atoms with van der Waals surface area (Å²) >= 11 is 0. The molecule has 2 aromatic carbocycles. The smallest absolute Gasteiger partial charge is 0.125 e. The van der Waals surface area contributed by atoms with Gasteiger partial charge in [0.2, 0.25) is 0 Å². The number of rotatable bonds is 4. The number of nitriles is 1. The molecule has 1 N–H and O–H groups in total. The van der Waals surface area contributed by atoms with E-state index in [1.54, 1.807) is 24.3 Å². The van der Waals surface area contributed by atoms with E-state index in [0.717, 1.165) is 0 Å². The zero-order valence-electron chi connectivity index (χ0n) is 11.6. The van der Waals surface area contributed by atoms with Crippen LogP contribution < -0.4 is 4.74 Å². The van der Waals surface area contributed by atoms with Crippen LogP contribution in [0.15, 0.2) is 48.5 Å². The van der Waals surface area contributed by atoms with Crippen molar-refractivity contribution in [1.82, 2.24) is 0 Å². The van der Waals surface area contributed by atoms with Gasteiger partial charge in [-0.2, -0.15) is 5.26 Å². The molecular formula is C17H17NO2. The van der Waals surface area contributed by atoms with Crippen molar-refractivity contribution in [2.45, 2.75) is 26.1 Å². The predicted octanol–water partition coefficient (Wildman–Crippen LogP) is 3.43. The predicted molar refractivity (Wildman–Crippen MR) is 77.4 cm³/mol. The van der Waals surface area contributed by atoms with E-state index in [9.17, 15) is 5.11 Å². The number of aliphatic hydroxyl groups excluding tert-OH is 1. The maximum Gasteiger partial charge on any atom is 0.125 e. The summed E-state index contributed by atoms with van der Waals surface area (Å²) in [4.78, 5) is 0. The van der Waals surface area contributed by atoms with Gasteiger partial charge in [-0.3, -0.25) is 0 Å². The van der Waals surface area contributed by atoms with Gasteiger partial charge < -0.3 is 9.84 Å². The Morgan fingerprint density at radius 1 is 1.10 bits per heavy atom. The van der Waals surface area contributed by atoms with Gasteiger partial charge in [0.1, 0.15) is 11.9 Å². The minimum atomic E-state index is -0.807. The fourth-order valence-electron chi connectivity index (χ4n) is 2.03. The third kappa shape index (κ3) is 3.17. The molecule has 0 fully saturated rings. The number of hydrogen-bond acceptors (Lipinski definition) is 3. The lowest BCUT2D eigenvalue weighted by Gasteiger charge is -2.18. The molecule has 0 spiro atoms. The molecule has 0 aliphatic heterocycles. The van der Waals surface area contributed by atoms with E-state index in [1.807, 2.05) is 38.1 Å². The van der Waals surface area contributed by atoms with Crippen molar-refractivity contribution >= 4 is 0 Å². The van der Waals surface area contributed by atoms with Gasteiger partial charge in [0.05, 0.1) is 17.7 Å². The maximum absolute atomic E-state index is 10.5. The van der Waals surface area contributed by atoms with Crippen molar-refractivity contribution in [2.24, 2.45) is 0 Å². The zero-order valence-corrected chi connectivity index (χ0v) is 11.6. The molecule has 3 nitrogen and oxygen atoms in total. The molecule has 0 aliphatic carbocycles. The number of hydrogen-bond donors (Lipinski definition) is 1. The van der Waals surface area contributed by atoms with E-state index in [4.69, 9.17) is 10.00 Å². The lowest BCUT2D eigenvalue weighted by Crippen LogP contribution is -2.10. The Morgan fingerprint density at radius 3 is 2.55 bits per heavy atom. The number of benzene rings is 2. The van der Waals surface area contributed by atoms with E-state index < -0.39 is 6.10 Å². The molecule has 1 atom stereocenters. The molecule has 102 valence electrons. The van der Waals surface area contributed by atoms with Crippen LogP contribution in [0, 0.1) is 11.3 Å². The third-order valence-electron chi connectivity index (χ3n) is 2.91. The molecule has 0 radical (unpaired) electrons. The first-order chi connectivity index (χ1) is 9.61. The van der Waals surface area contributed by atoms with E-state index in [1.165, 1.54) is 0 Å². The summed E-state index contributed by atoms with van der Waals surface area (Å²) in [5.74, 6) is 0.664. The van der Waals surface area contributed by atoms with Crippen LogP contribution in [0.3, 0.4) is 0 Å². The molecule has 1 unspecified atom stereocenters. The van der Waals surface area contributed by atoms with Gasteiger partial charge in [0.25, 0.3) is 0 Å². The van der Waals surface area contributed by atoms with Gasteiger partial charge in [0.15, 0.2) is 0 Å². The Morgan fingerprint density at radius 2 is 1.85 bits per heavy atom. The molecule has 0 amide bonds. The molecule has 0 bridgehead atoms. The Kier molecular flexibility index (Phi) is 4.39. The van der Waals surface area contributed by atoms with Crippen LogP contribution in [0.4, 0.5) is 0 Å². The summed E-state index contributed by atoms with van der Waals surface area (Å²) in [6.45, 7) is 3.89. The maximum atomic E-state index is 10.5. The Balaban J connectivity index is 2.37. The van der Waals surface area contributed by atoms with Gasteiger partial charge in [-0.15, -0.1) is 0 Å². The monoisotopic (exact) mass is 267 g/mol. The average Bonchev–Trinajstić information content (AvgIpc) is 2.46. The lowest BCUT2D eigenvalue weighted by atomic mass is 9.99. The highest BCUT2D eigenvalue weighted by atomic mass is 16.5. The van der Waals surface area contributed by atoms with E-state index in [-0.39, 0.29) is 6.10 Å². The molecule has 2 aromatic rings. The van der Waals surface area contributed by atoms with E-state index in [0.29, 0.717) is 22.4 Å². The number of aliphatic hydroxyl groups is 1. The number of nitrogens with zero attached hydrogens (tertiary/aromatic N) is 1. The summed E-state index contributed by atoms with van der Waals surface area (Å²) in [7, 11) is 0. The first-order valence-corrected chi connectivity index (χ1v) is 6.55. The largest absolute Gasteiger partial charge is 0.491 e. The first kappa shape index (κ1) is 14.1. The highest BCUT2D eigenvalue weighted by molar-refractivity contribution is 5.42. The van der Waals surface area contributed by atoms with Gasteiger partial charge in [0, 0.05) is 5.56 Å². The lowest BCUT2D eigenvalue weighted by molar-refractivity contribution is 0.198. The highest BCUT2D eigenvalue weighted by Gasteiger charge is 2.16. The topological polar surface area (TPSA) is 53.2 Å². The van der Waals surface area contributed by atoms with Crippen LogP contribution in [0.2, 0.25) is 0 Å². The Hall–Kier alpha value is -2.31. The normalized spacial score (nSPS) is 11.9. The summed E-state index contributed by atoms with van der Waals surface area (Å²) in [5, 5.41) is 19.4. The minimum absolute atomic E-state index is 0.0359. The number of ether oxygens (including phenoxy) is 1. The molecule has 3 heteroatoms. The quantitative estimate of drug-likeness (QED) is 0.923. The van der Waals surface area contributed by atoms with Crippen LogP contribution >= 0.6 is 0 Å². The molecule has 0 saturated carbocycles. The van der Waals surface area contributed by atoms with E-state index in [2.05, 4.69) is 6.07 Å². The molecular weight excluding hydrogens is 250 g/mol. The first-order valence-electron chi connectivity index (χ1n) is 6.55. The second kappa shape index (κ2) is 6.23. The van der Waals surface area contributed by atoms with Crippen molar-refractivity contribution < 1.29 is 9.84 Å². The van der Waals surface area contributed by atoms with Gasteiger partial charge in [-0.1, -0.05) is 30.3 Å². The zero-order chi connectivity index (χ0) is 14.5. The van der Waals surface area contributed by atoms with Crippen molar-refractivity contribution in [1.29, 1.82) is 5.26 Å². The van der Waals surface area contributed by atoms with Crippen LogP contribution in [0.1, 0.15) is 36.6 Å². The third-order valence-corrected chi connectivity index (χ3v) is 2.91. The highest BCUT2D eigenvalue weighted by Crippen LogP contribution is 2.30. The van der Waals surface area contributed by atoms with Crippen LogP contribution in [-0.2, 0) is 0 Å². The fourth-order valence-corrected chi connectivity index (χ4v) is 2.03. The minimum Gasteiger partial charge on any atom is -0.491 e. The number of para-hydroxylation sites is 1. The van der Waals surface area contributed by atoms with Crippen molar-refractivity contribution in [2.75, 3.05) is 0 Å². The molecule has 0 aliphatic rings. The SMILES string of the molecule is CC(C)Oc1ccccc1C(O)c1cccc(C#N)c1. The molecule has 2 rings (SSSR count). The molecule has 0 aromatic heterocycles. The van der Waals surface area contributed by atoms with Crippen molar-refractivity contribution in [3.8, 4) is 11.8 Å². The van der Waals surface area contributed by atoms with Gasteiger partial charge in [-0.25, -0.2) is 0 Å². The van der Waals surface area contributed by atoms with Crippen LogP contribution in [0.25, 0.3) is 0 Å². The standard InChI is InChI=1S/C17H17NO2/c1-12(2)20-16-9-4-3-8-15(16)17(19)14-7-5-6-13(10-14)11-18/h3-10,12,17,19H,1-2H3. The fraction of sp³-hybridized carbons (Fsp3) is 0.235. The van der Waals surface area contributed by atoms with Crippen LogP contribution in [-0.4, -0.2) is 11.2 Å². The average molecular weight is 267 g/mol. The van der Waals surface area contributed by atoms with E-state index >= 15 is 0 Å². The Bertz CT molecular complexity index is 629. The van der Waals surface area contributed by atoms with Gasteiger partial charge >= 0.3 is 0 Å². The summed E-state index contributed by atoms with van der Waals surface area (Å²) in [6.07, 6.45) is -0.771. The molecule has 0 saturated heterocycles.